The van der Waals surface area contributed by atoms with E-state index < -0.39 is 10.0 Å². The van der Waals surface area contributed by atoms with Gasteiger partial charge >= 0.3 is 0 Å². The van der Waals surface area contributed by atoms with Gasteiger partial charge in [0.2, 0.25) is 16.0 Å². The Morgan fingerprint density at radius 2 is 2.10 bits per heavy atom. The third-order valence-corrected chi connectivity index (χ3v) is 4.69. The fourth-order valence-corrected chi connectivity index (χ4v) is 3.40. The van der Waals surface area contributed by atoms with Gasteiger partial charge in [0, 0.05) is 19.1 Å². The second-order valence-corrected chi connectivity index (χ2v) is 6.71. The standard InChI is InChI=1S/C12H21N5O2S/c1-3-13-12-14-7-11(8-15-12)20(18,19)16-10-5-4-6-17(2)9-10/h7-8,10,16H,3-6,9H2,1-2H3,(H,13,14,15). The SMILES string of the molecule is CCNc1ncc(S(=O)(=O)NC2CCCN(C)C2)cn1. The van der Waals surface area contributed by atoms with Crippen molar-refractivity contribution in [1.29, 1.82) is 0 Å². The normalized spacial score (nSPS) is 20.8. The van der Waals surface area contributed by atoms with Crippen molar-refractivity contribution in [3.8, 4) is 0 Å². The number of likely N-dealkylation sites (N-methyl/N-ethyl adjacent to an activating group) is 1. The highest BCUT2D eigenvalue weighted by atomic mass is 32.2. The third-order valence-electron chi connectivity index (χ3n) is 3.22. The second kappa shape index (κ2) is 6.47. The number of piperidine rings is 1. The quantitative estimate of drug-likeness (QED) is 0.812. The Morgan fingerprint density at radius 1 is 1.40 bits per heavy atom. The Bertz CT molecular complexity index is 531. The average Bonchev–Trinajstić information content (AvgIpc) is 2.39. The van der Waals surface area contributed by atoms with Crippen molar-refractivity contribution < 1.29 is 8.42 Å². The Kier molecular flexibility index (Phi) is 4.90. The minimum atomic E-state index is -3.54. The Hall–Kier alpha value is -1.25. The molecule has 0 aliphatic carbocycles. The van der Waals surface area contributed by atoms with Crippen LogP contribution in [0.15, 0.2) is 17.3 Å². The molecule has 0 bridgehead atoms. The summed E-state index contributed by atoms with van der Waals surface area (Å²) in [6.07, 6.45) is 4.53. The minimum Gasteiger partial charge on any atom is -0.355 e. The highest BCUT2D eigenvalue weighted by Gasteiger charge is 2.24. The fraction of sp³-hybridized carbons (Fsp3) is 0.667. The average molecular weight is 299 g/mol. The van der Waals surface area contributed by atoms with Gasteiger partial charge in [0.25, 0.3) is 0 Å². The molecule has 8 heteroatoms. The first-order valence-corrected chi connectivity index (χ1v) is 8.26. The molecule has 0 amide bonds. The van der Waals surface area contributed by atoms with Crippen LogP contribution in [0.5, 0.6) is 0 Å². The van der Waals surface area contributed by atoms with Crippen LogP contribution in [-0.4, -0.2) is 56.0 Å². The summed E-state index contributed by atoms with van der Waals surface area (Å²) in [4.78, 5) is 10.2. The van der Waals surface area contributed by atoms with Gasteiger partial charge < -0.3 is 10.2 Å². The van der Waals surface area contributed by atoms with E-state index >= 15 is 0 Å². The fourth-order valence-electron chi connectivity index (χ4n) is 2.25. The van der Waals surface area contributed by atoms with Crippen molar-refractivity contribution >= 4 is 16.0 Å². The number of hydrogen-bond donors (Lipinski definition) is 2. The van der Waals surface area contributed by atoms with Crippen molar-refractivity contribution in [2.24, 2.45) is 0 Å². The Morgan fingerprint density at radius 3 is 2.70 bits per heavy atom. The van der Waals surface area contributed by atoms with Gasteiger partial charge in [-0.25, -0.2) is 23.1 Å². The molecule has 1 unspecified atom stereocenters. The van der Waals surface area contributed by atoms with E-state index in [9.17, 15) is 8.42 Å². The number of hydrogen-bond acceptors (Lipinski definition) is 6. The molecule has 20 heavy (non-hydrogen) atoms. The molecule has 7 nitrogen and oxygen atoms in total. The molecular weight excluding hydrogens is 278 g/mol. The van der Waals surface area contributed by atoms with Gasteiger partial charge in [-0.05, 0) is 33.4 Å². The van der Waals surface area contributed by atoms with Gasteiger partial charge in [0.15, 0.2) is 0 Å². The summed E-state index contributed by atoms with van der Waals surface area (Å²) < 4.78 is 27.2. The van der Waals surface area contributed by atoms with E-state index in [4.69, 9.17) is 0 Å². The lowest BCUT2D eigenvalue weighted by molar-refractivity contribution is 0.242. The van der Waals surface area contributed by atoms with Gasteiger partial charge in [0.1, 0.15) is 4.90 Å². The lowest BCUT2D eigenvalue weighted by Crippen LogP contribution is -2.46. The highest BCUT2D eigenvalue weighted by molar-refractivity contribution is 7.89. The molecule has 112 valence electrons. The molecule has 2 rings (SSSR count). The van der Waals surface area contributed by atoms with Gasteiger partial charge in [-0.3, -0.25) is 0 Å². The van der Waals surface area contributed by atoms with Crippen LogP contribution in [-0.2, 0) is 10.0 Å². The van der Waals surface area contributed by atoms with Crippen molar-refractivity contribution in [2.75, 3.05) is 32.0 Å². The molecule has 2 N–H and O–H groups in total. The van der Waals surface area contributed by atoms with E-state index in [0.29, 0.717) is 12.5 Å². The molecule has 1 aliphatic rings. The summed E-state index contributed by atoms with van der Waals surface area (Å²) in [7, 11) is -1.55. The maximum atomic E-state index is 12.2. The van der Waals surface area contributed by atoms with Gasteiger partial charge in [-0.1, -0.05) is 0 Å². The number of nitrogens with one attached hydrogen (secondary N) is 2. The molecular formula is C12H21N5O2S. The Labute approximate surface area is 119 Å². The van der Waals surface area contributed by atoms with Gasteiger partial charge in [-0.2, -0.15) is 0 Å². The molecule has 1 aromatic rings. The van der Waals surface area contributed by atoms with E-state index in [1.807, 2.05) is 14.0 Å². The molecule has 0 radical (unpaired) electrons. The molecule has 1 atom stereocenters. The summed E-state index contributed by atoms with van der Waals surface area (Å²) >= 11 is 0. The summed E-state index contributed by atoms with van der Waals surface area (Å²) in [5.41, 5.74) is 0. The zero-order valence-electron chi connectivity index (χ0n) is 11.8. The molecule has 1 fully saturated rings. The second-order valence-electron chi connectivity index (χ2n) is 5.00. The zero-order valence-corrected chi connectivity index (χ0v) is 12.7. The minimum absolute atomic E-state index is 0.0489. The van der Waals surface area contributed by atoms with Crippen LogP contribution < -0.4 is 10.0 Å². The Balaban J connectivity index is 2.05. The summed E-state index contributed by atoms with van der Waals surface area (Å²) in [5.74, 6) is 0.434. The number of aromatic nitrogens is 2. The largest absolute Gasteiger partial charge is 0.355 e. The number of sulfonamides is 1. The molecule has 1 aliphatic heterocycles. The maximum Gasteiger partial charge on any atom is 0.243 e. The van der Waals surface area contributed by atoms with Crippen LogP contribution in [0, 0.1) is 0 Å². The van der Waals surface area contributed by atoms with E-state index in [0.717, 1.165) is 25.9 Å². The number of likely N-dealkylation sites (tertiary alicyclic amines) is 1. The molecule has 0 spiro atoms. The van der Waals surface area contributed by atoms with E-state index in [-0.39, 0.29) is 10.9 Å². The van der Waals surface area contributed by atoms with Crippen molar-refractivity contribution in [2.45, 2.75) is 30.7 Å². The molecule has 0 saturated carbocycles. The lowest BCUT2D eigenvalue weighted by atomic mass is 10.1. The summed E-state index contributed by atoms with van der Waals surface area (Å²) in [6, 6.07) is -0.0489. The van der Waals surface area contributed by atoms with Crippen LogP contribution in [0.25, 0.3) is 0 Å². The first-order valence-electron chi connectivity index (χ1n) is 6.78. The van der Waals surface area contributed by atoms with Crippen molar-refractivity contribution in [1.82, 2.24) is 19.6 Å². The van der Waals surface area contributed by atoms with Crippen LogP contribution in [0.1, 0.15) is 19.8 Å². The van der Waals surface area contributed by atoms with Crippen LogP contribution in [0.2, 0.25) is 0 Å². The summed E-state index contributed by atoms with van der Waals surface area (Å²) in [6.45, 7) is 4.36. The van der Waals surface area contributed by atoms with Crippen LogP contribution in [0.4, 0.5) is 5.95 Å². The smallest absolute Gasteiger partial charge is 0.243 e. The molecule has 1 saturated heterocycles. The van der Waals surface area contributed by atoms with Gasteiger partial charge in [-0.15, -0.1) is 0 Å². The predicted octanol–water partition coefficient (Wildman–Crippen LogP) is 0.281. The monoisotopic (exact) mass is 299 g/mol. The third kappa shape index (κ3) is 3.87. The first kappa shape index (κ1) is 15.1. The zero-order chi connectivity index (χ0) is 14.6. The molecule has 2 heterocycles. The summed E-state index contributed by atoms with van der Waals surface area (Å²) in [5, 5.41) is 2.93. The highest BCUT2D eigenvalue weighted by Crippen LogP contribution is 2.13. The van der Waals surface area contributed by atoms with E-state index in [1.54, 1.807) is 0 Å². The van der Waals surface area contributed by atoms with Crippen LogP contribution >= 0.6 is 0 Å². The molecule has 1 aromatic heterocycles. The van der Waals surface area contributed by atoms with Gasteiger partial charge in [0.05, 0.1) is 12.4 Å². The maximum absolute atomic E-state index is 12.2. The van der Waals surface area contributed by atoms with Crippen LogP contribution in [0.3, 0.4) is 0 Å². The lowest BCUT2D eigenvalue weighted by Gasteiger charge is -2.29. The topological polar surface area (TPSA) is 87.2 Å². The van der Waals surface area contributed by atoms with Crippen molar-refractivity contribution in [3.05, 3.63) is 12.4 Å². The van der Waals surface area contributed by atoms with Crippen molar-refractivity contribution in [3.63, 3.8) is 0 Å². The van der Waals surface area contributed by atoms with E-state index in [2.05, 4.69) is 24.9 Å². The molecule has 0 aromatic carbocycles. The number of anilines is 1. The number of rotatable bonds is 5. The number of nitrogens with zero attached hydrogens (tertiary/aromatic N) is 3. The first-order chi connectivity index (χ1) is 9.51. The predicted molar refractivity (Wildman–Crippen MR) is 77.0 cm³/mol. The van der Waals surface area contributed by atoms with E-state index in [1.165, 1.54) is 12.4 Å².